The molecule has 2 heteroatoms. The highest BCUT2D eigenvalue weighted by atomic mass is 15.1. The van der Waals surface area contributed by atoms with Crippen molar-refractivity contribution < 1.29 is 0 Å². The van der Waals surface area contributed by atoms with Crippen LogP contribution in [0.5, 0.6) is 0 Å². The van der Waals surface area contributed by atoms with Gasteiger partial charge in [-0.05, 0) is 13.8 Å². The van der Waals surface area contributed by atoms with Gasteiger partial charge in [0.25, 0.3) is 0 Å². The van der Waals surface area contributed by atoms with Crippen LogP contribution in [-0.2, 0) is 0 Å². The zero-order valence-corrected chi connectivity index (χ0v) is 5.62. The molecule has 0 bridgehead atoms. The highest BCUT2D eigenvalue weighted by Crippen LogP contribution is 2.00. The van der Waals surface area contributed by atoms with E-state index < -0.39 is 0 Å². The van der Waals surface area contributed by atoms with Gasteiger partial charge in [0.05, 0.1) is 0 Å². The molecule has 1 saturated heterocycles. The topological polar surface area (TPSA) is 24.1 Å². The molecule has 0 aromatic heterocycles. The lowest BCUT2D eigenvalue weighted by Gasteiger charge is -2.31. The molecule has 1 heterocycles. The van der Waals surface area contributed by atoms with E-state index in [1.807, 2.05) is 0 Å². The van der Waals surface area contributed by atoms with Crippen LogP contribution in [0.1, 0.15) is 21.3 Å². The Morgan fingerprint density at radius 1 is 1.22 bits per heavy atom. The van der Waals surface area contributed by atoms with E-state index in [9.17, 15) is 0 Å². The summed E-state index contributed by atoms with van der Waals surface area (Å²) in [5.74, 6) is 0. The fourth-order valence-corrected chi connectivity index (χ4v) is 0.953. The van der Waals surface area contributed by atoms with Crippen LogP contribution in [0.3, 0.4) is 0 Å². The Bertz CT molecular complexity index is 71.0. The maximum absolute atomic E-state index is 3.40. The van der Waals surface area contributed by atoms with E-state index in [2.05, 4.69) is 24.5 Å². The third kappa shape index (κ3) is 2.82. The number of hydrogen-bond donors (Lipinski definition) is 2. The van der Waals surface area contributed by atoms with Crippen molar-refractivity contribution in [2.45, 2.75) is 26.8 Å². The fraction of sp³-hybridized carbons (Fsp3) is 1.00. The summed E-state index contributed by atoms with van der Waals surface area (Å²) in [4.78, 5) is 0. The summed E-state index contributed by atoms with van der Waals surface area (Å²) < 4.78 is 0. The van der Waals surface area contributed by atoms with E-state index in [0.717, 1.165) is 19.6 Å². The van der Waals surface area contributed by atoms with Gasteiger partial charge in [-0.25, -0.2) is 0 Å². The molecule has 9 heavy (non-hydrogen) atoms. The van der Waals surface area contributed by atoms with Gasteiger partial charge in [0, 0.05) is 25.2 Å². The van der Waals surface area contributed by atoms with Crippen LogP contribution in [-0.4, -0.2) is 25.2 Å². The molecule has 0 radical (unpaired) electrons. The summed E-state index contributed by atoms with van der Waals surface area (Å²) >= 11 is 0. The van der Waals surface area contributed by atoms with E-state index in [1.54, 1.807) is 0 Å². The summed E-state index contributed by atoms with van der Waals surface area (Å²) in [5.41, 5.74) is 0.318. The smallest absolute Gasteiger partial charge is 0.0250 e. The Balaban J connectivity index is 0.000000640. The summed E-state index contributed by atoms with van der Waals surface area (Å²) in [6, 6.07) is 0. The van der Waals surface area contributed by atoms with Crippen molar-refractivity contribution in [2.75, 3.05) is 19.6 Å². The quantitative estimate of drug-likeness (QED) is 0.501. The Morgan fingerprint density at radius 2 is 1.89 bits per heavy atom. The van der Waals surface area contributed by atoms with Crippen LogP contribution in [0, 0.1) is 0 Å². The number of piperazine rings is 1. The van der Waals surface area contributed by atoms with Crippen molar-refractivity contribution in [3.05, 3.63) is 0 Å². The van der Waals surface area contributed by atoms with Gasteiger partial charge in [0.15, 0.2) is 0 Å². The lowest BCUT2D eigenvalue weighted by molar-refractivity contribution is 0.323. The maximum atomic E-state index is 3.40. The van der Waals surface area contributed by atoms with Crippen molar-refractivity contribution in [1.82, 2.24) is 10.6 Å². The molecule has 0 unspecified atom stereocenters. The molecule has 0 amide bonds. The first-order valence-corrected chi connectivity index (χ1v) is 3.16. The minimum absolute atomic E-state index is 0. The SMILES string of the molecule is C.CC1(C)CNCCN1. The van der Waals surface area contributed by atoms with Gasteiger partial charge in [0.2, 0.25) is 0 Å². The molecule has 1 fully saturated rings. The van der Waals surface area contributed by atoms with Gasteiger partial charge in [-0.15, -0.1) is 0 Å². The van der Waals surface area contributed by atoms with E-state index >= 15 is 0 Å². The van der Waals surface area contributed by atoms with Crippen LogP contribution < -0.4 is 10.6 Å². The first kappa shape index (κ1) is 8.92. The Morgan fingerprint density at radius 3 is 2.11 bits per heavy atom. The van der Waals surface area contributed by atoms with Gasteiger partial charge in [-0.2, -0.15) is 0 Å². The van der Waals surface area contributed by atoms with Crippen LogP contribution in [0.15, 0.2) is 0 Å². The van der Waals surface area contributed by atoms with Crippen LogP contribution in [0.2, 0.25) is 0 Å². The van der Waals surface area contributed by atoms with Crippen molar-refractivity contribution >= 4 is 0 Å². The van der Waals surface area contributed by atoms with Gasteiger partial charge < -0.3 is 10.6 Å². The molecule has 0 aromatic rings. The zero-order valence-electron chi connectivity index (χ0n) is 5.62. The normalized spacial score (nSPS) is 24.7. The molecule has 0 aromatic carbocycles. The van der Waals surface area contributed by atoms with Gasteiger partial charge in [0.1, 0.15) is 0 Å². The maximum Gasteiger partial charge on any atom is 0.0250 e. The number of hydrogen-bond acceptors (Lipinski definition) is 2. The molecule has 0 spiro atoms. The van der Waals surface area contributed by atoms with Crippen LogP contribution in [0.25, 0.3) is 0 Å². The molecular formula is C7H18N2. The van der Waals surface area contributed by atoms with E-state index in [1.165, 1.54) is 0 Å². The van der Waals surface area contributed by atoms with Gasteiger partial charge in [-0.1, -0.05) is 7.43 Å². The largest absolute Gasteiger partial charge is 0.314 e. The number of nitrogens with one attached hydrogen (secondary N) is 2. The average Bonchev–Trinajstić information content (AvgIpc) is 1.65. The molecule has 0 atom stereocenters. The standard InChI is InChI=1S/C6H14N2.CH4/c1-6(2)5-7-3-4-8-6;/h7-8H,3-5H2,1-2H3;1H4. The zero-order chi connectivity index (χ0) is 6.04. The Kier molecular flexibility index (Phi) is 3.15. The predicted molar refractivity (Wildman–Crippen MR) is 41.7 cm³/mol. The van der Waals surface area contributed by atoms with Crippen molar-refractivity contribution in [3.8, 4) is 0 Å². The summed E-state index contributed by atoms with van der Waals surface area (Å²) in [6.45, 7) is 7.72. The molecule has 2 nitrogen and oxygen atoms in total. The molecule has 1 rings (SSSR count). The molecule has 2 N–H and O–H groups in total. The third-order valence-electron chi connectivity index (χ3n) is 1.47. The van der Waals surface area contributed by atoms with Gasteiger partial charge in [-0.3, -0.25) is 0 Å². The minimum Gasteiger partial charge on any atom is -0.314 e. The van der Waals surface area contributed by atoms with E-state index in [4.69, 9.17) is 0 Å². The van der Waals surface area contributed by atoms with Crippen molar-refractivity contribution in [2.24, 2.45) is 0 Å². The molecule has 0 saturated carbocycles. The summed E-state index contributed by atoms with van der Waals surface area (Å²) in [6.07, 6.45) is 0. The predicted octanol–water partition coefficient (Wildman–Crippen LogP) is 0.594. The second-order valence-corrected chi connectivity index (χ2v) is 2.99. The van der Waals surface area contributed by atoms with E-state index in [0.29, 0.717) is 5.54 Å². The molecular weight excluding hydrogens is 112 g/mol. The third-order valence-corrected chi connectivity index (χ3v) is 1.47. The van der Waals surface area contributed by atoms with Crippen LogP contribution >= 0.6 is 0 Å². The second kappa shape index (κ2) is 3.18. The number of rotatable bonds is 0. The van der Waals surface area contributed by atoms with Crippen LogP contribution in [0.4, 0.5) is 0 Å². The lowest BCUT2D eigenvalue weighted by Crippen LogP contribution is -2.55. The second-order valence-electron chi connectivity index (χ2n) is 2.99. The van der Waals surface area contributed by atoms with E-state index in [-0.39, 0.29) is 7.43 Å². The minimum atomic E-state index is 0. The Hall–Kier alpha value is -0.0800. The molecule has 1 aliphatic rings. The highest BCUT2D eigenvalue weighted by molar-refractivity contribution is 4.83. The summed E-state index contributed by atoms with van der Waals surface area (Å²) in [5, 5.41) is 6.71. The lowest BCUT2D eigenvalue weighted by atomic mass is 10.0. The summed E-state index contributed by atoms with van der Waals surface area (Å²) in [7, 11) is 0. The van der Waals surface area contributed by atoms with Crippen molar-refractivity contribution in [1.29, 1.82) is 0 Å². The Labute approximate surface area is 58.0 Å². The molecule has 1 aliphatic heterocycles. The monoisotopic (exact) mass is 130 g/mol. The highest BCUT2D eigenvalue weighted by Gasteiger charge is 2.18. The van der Waals surface area contributed by atoms with Crippen molar-refractivity contribution in [3.63, 3.8) is 0 Å². The molecule has 56 valence electrons. The average molecular weight is 130 g/mol. The fourth-order valence-electron chi connectivity index (χ4n) is 0.953. The molecule has 0 aliphatic carbocycles. The first-order valence-electron chi connectivity index (χ1n) is 3.16. The van der Waals surface area contributed by atoms with Gasteiger partial charge >= 0.3 is 0 Å². The first-order chi connectivity index (χ1) is 3.71.